The second-order valence-electron chi connectivity index (χ2n) is 8.18. The van der Waals surface area contributed by atoms with Crippen molar-refractivity contribution in [2.75, 3.05) is 11.9 Å². The van der Waals surface area contributed by atoms with E-state index in [1.54, 1.807) is 17.0 Å². The summed E-state index contributed by atoms with van der Waals surface area (Å²) >= 11 is 0. The molecule has 0 radical (unpaired) electrons. The lowest BCUT2D eigenvalue weighted by Crippen LogP contribution is -2.48. The minimum Gasteiger partial charge on any atom is -0.365 e. The standard InChI is InChI=1S/C21H20F3N7O/c1-12-2-4-16(31-26-6-7-27-31)19(28-12)20(32)30-11-13-8-15(17(30)9-13)29-18-5-3-14(10-25-18)21(22,23)24/h2-7,10,13,15,17H,8-9,11H2,1H3,(H,25,29)/t13-,15-,17+/m1/s1. The number of aryl methyl sites for hydroxylation is 1. The van der Waals surface area contributed by atoms with Crippen LogP contribution in [0.1, 0.15) is 34.6 Å². The number of hydrogen-bond acceptors (Lipinski definition) is 6. The molecule has 3 atom stereocenters. The molecule has 11 heteroatoms. The molecular weight excluding hydrogens is 423 g/mol. The Bertz CT molecular complexity index is 1130. The molecule has 4 heterocycles. The Hall–Kier alpha value is -3.50. The Morgan fingerprint density at radius 1 is 1.12 bits per heavy atom. The average Bonchev–Trinajstić information content (AvgIpc) is 3.50. The van der Waals surface area contributed by atoms with E-state index in [0.29, 0.717) is 29.7 Å². The zero-order valence-electron chi connectivity index (χ0n) is 17.1. The van der Waals surface area contributed by atoms with E-state index in [1.807, 2.05) is 6.92 Å². The number of nitrogens with zero attached hydrogens (tertiary/aromatic N) is 6. The Labute approximate surface area is 181 Å². The van der Waals surface area contributed by atoms with Gasteiger partial charge in [-0.1, -0.05) is 0 Å². The predicted octanol–water partition coefficient (Wildman–Crippen LogP) is 3.10. The van der Waals surface area contributed by atoms with Gasteiger partial charge in [0, 0.05) is 24.5 Å². The lowest BCUT2D eigenvalue weighted by molar-refractivity contribution is -0.137. The number of likely N-dealkylation sites (tertiary alicyclic amines) is 1. The van der Waals surface area contributed by atoms with Crippen molar-refractivity contribution in [1.29, 1.82) is 0 Å². The van der Waals surface area contributed by atoms with Crippen LogP contribution < -0.4 is 5.32 Å². The van der Waals surface area contributed by atoms with E-state index < -0.39 is 11.7 Å². The van der Waals surface area contributed by atoms with Gasteiger partial charge in [0.15, 0.2) is 5.69 Å². The Balaban J connectivity index is 1.37. The molecule has 3 aromatic heterocycles. The maximum absolute atomic E-state index is 13.5. The number of rotatable bonds is 4. The SMILES string of the molecule is Cc1ccc(-n2nccn2)c(C(=O)N2C[C@@H]3C[C@@H](Nc4ccc(C(F)(F)F)cn4)[C@@H]2C3)n1. The normalized spacial score (nSPS) is 22.4. The van der Waals surface area contributed by atoms with Crippen molar-refractivity contribution in [2.45, 2.75) is 38.0 Å². The van der Waals surface area contributed by atoms with Crippen molar-refractivity contribution in [3.05, 3.63) is 59.8 Å². The van der Waals surface area contributed by atoms with Crippen molar-refractivity contribution in [3.8, 4) is 5.69 Å². The third kappa shape index (κ3) is 3.67. The molecule has 8 nitrogen and oxygen atoms in total. The summed E-state index contributed by atoms with van der Waals surface area (Å²) < 4.78 is 38.4. The summed E-state index contributed by atoms with van der Waals surface area (Å²) in [6.45, 7) is 2.43. The van der Waals surface area contributed by atoms with Crippen LogP contribution in [-0.4, -0.2) is 54.4 Å². The van der Waals surface area contributed by atoms with E-state index in [2.05, 4.69) is 25.5 Å². The topological polar surface area (TPSA) is 88.8 Å². The van der Waals surface area contributed by atoms with Gasteiger partial charge in [-0.15, -0.1) is 4.80 Å². The predicted molar refractivity (Wildman–Crippen MR) is 108 cm³/mol. The van der Waals surface area contributed by atoms with E-state index in [1.165, 1.54) is 23.3 Å². The number of amides is 1. The molecule has 0 unspecified atom stereocenters. The maximum Gasteiger partial charge on any atom is 0.417 e. The van der Waals surface area contributed by atoms with Crippen molar-refractivity contribution >= 4 is 11.7 Å². The fraction of sp³-hybridized carbons (Fsp3) is 0.381. The first-order chi connectivity index (χ1) is 15.3. The van der Waals surface area contributed by atoms with Crippen LogP contribution >= 0.6 is 0 Å². The molecule has 0 spiro atoms. The number of piperidine rings is 1. The van der Waals surface area contributed by atoms with Crippen LogP contribution in [0.25, 0.3) is 5.69 Å². The monoisotopic (exact) mass is 443 g/mol. The van der Waals surface area contributed by atoms with E-state index in [4.69, 9.17) is 0 Å². The highest BCUT2D eigenvalue weighted by atomic mass is 19.4. The number of anilines is 1. The number of halogens is 3. The third-order valence-corrected chi connectivity index (χ3v) is 6.02. The second-order valence-corrected chi connectivity index (χ2v) is 8.18. The minimum atomic E-state index is -4.43. The van der Waals surface area contributed by atoms with Gasteiger partial charge < -0.3 is 10.2 Å². The molecule has 32 heavy (non-hydrogen) atoms. The molecule has 166 valence electrons. The minimum absolute atomic E-state index is 0.0991. The Morgan fingerprint density at radius 3 is 2.56 bits per heavy atom. The van der Waals surface area contributed by atoms with Gasteiger partial charge in [0.1, 0.15) is 11.5 Å². The zero-order valence-corrected chi connectivity index (χ0v) is 17.1. The van der Waals surface area contributed by atoms with Crippen molar-refractivity contribution in [1.82, 2.24) is 29.9 Å². The number of alkyl halides is 3. The molecule has 3 aromatic rings. The van der Waals surface area contributed by atoms with Crippen molar-refractivity contribution < 1.29 is 18.0 Å². The summed E-state index contributed by atoms with van der Waals surface area (Å²) in [7, 11) is 0. The smallest absolute Gasteiger partial charge is 0.365 e. The largest absolute Gasteiger partial charge is 0.417 e. The lowest BCUT2D eigenvalue weighted by Gasteiger charge is -2.34. The molecule has 0 aromatic carbocycles. The molecule has 1 aliphatic carbocycles. The highest BCUT2D eigenvalue weighted by Gasteiger charge is 2.47. The molecule has 1 amide bonds. The van der Waals surface area contributed by atoms with Crippen LogP contribution in [0, 0.1) is 12.8 Å². The fourth-order valence-electron chi connectivity index (χ4n) is 4.60. The number of nitrogens with one attached hydrogen (secondary N) is 1. The van der Waals surface area contributed by atoms with Crippen LogP contribution in [-0.2, 0) is 6.18 Å². The van der Waals surface area contributed by atoms with E-state index in [-0.39, 0.29) is 23.7 Å². The Morgan fingerprint density at radius 2 is 1.91 bits per heavy atom. The molecule has 1 N–H and O–H groups in total. The quantitative estimate of drug-likeness (QED) is 0.667. The molecule has 5 rings (SSSR count). The molecule has 2 fully saturated rings. The third-order valence-electron chi connectivity index (χ3n) is 6.02. The van der Waals surface area contributed by atoms with E-state index in [0.717, 1.165) is 25.1 Å². The number of hydrogen-bond donors (Lipinski definition) is 1. The zero-order chi connectivity index (χ0) is 22.5. The van der Waals surface area contributed by atoms with Gasteiger partial charge in [0.2, 0.25) is 0 Å². The van der Waals surface area contributed by atoms with Gasteiger partial charge in [0.25, 0.3) is 5.91 Å². The Kier molecular flexibility index (Phi) is 4.83. The molecule has 1 aliphatic heterocycles. The van der Waals surface area contributed by atoms with Gasteiger partial charge in [0.05, 0.1) is 24.0 Å². The number of carbonyl (C=O) groups excluding carboxylic acids is 1. The molecular formula is C21H20F3N7O. The van der Waals surface area contributed by atoms with Crippen molar-refractivity contribution in [2.24, 2.45) is 5.92 Å². The van der Waals surface area contributed by atoms with Gasteiger partial charge >= 0.3 is 6.18 Å². The van der Waals surface area contributed by atoms with Crippen LogP contribution in [0.2, 0.25) is 0 Å². The highest BCUT2D eigenvalue weighted by Crippen LogP contribution is 2.40. The molecule has 1 saturated carbocycles. The van der Waals surface area contributed by atoms with Gasteiger partial charge in [-0.05, 0) is 49.9 Å². The van der Waals surface area contributed by atoms with Crippen LogP contribution in [0.4, 0.5) is 19.0 Å². The summed E-state index contributed by atoms with van der Waals surface area (Å²) in [4.78, 5) is 25.0. The van der Waals surface area contributed by atoms with Crippen LogP contribution in [0.3, 0.4) is 0 Å². The molecule has 2 aliphatic rings. The first-order valence-electron chi connectivity index (χ1n) is 10.2. The number of fused-ring (bicyclic) bond motifs is 2. The molecule has 2 bridgehead atoms. The number of pyridine rings is 2. The number of carbonyl (C=O) groups is 1. The van der Waals surface area contributed by atoms with Crippen LogP contribution in [0.5, 0.6) is 0 Å². The summed E-state index contributed by atoms with van der Waals surface area (Å²) in [6, 6.07) is 5.70. The number of aromatic nitrogens is 5. The van der Waals surface area contributed by atoms with Gasteiger partial charge in [-0.25, -0.2) is 9.97 Å². The highest BCUT2D eigenvalue weighted by molar-refractivity contribution is 5.96. The first kappa shape index (κ1) is 20.4. The van der Waals surface area contributed by atoms with E-state index in [9.17, 15) is 18.0 Å². The summed E-state index contributed by atoms with van der Waals surface area (Å²) in [5, 5.41) is 11.5. The average molecular weight is 443 g/mol. The van der Waals surface area contributed by atoms with E-state index >= 15 is 0 Å². The second kappa shape index (κ2) is 7.57. The summed E-state index contributed by atoms with van der Waals surface area (Å²) in [5.41, 5.74) is 0.692. The summed E-state index contributed by atoms with van der Waals surface area (Å²) in [6.07, 6.45) is 1.10. The van der Waals surface area contributed by atoms with Crippen LogP contribution in [0.15, 0.2) is 42.9 Å². The molecule has 1 saturated heterocycles. The lowest BCUT2D eigenvalue weighted by atomic mass is 10.0. The van der Waals surface area contributed by atoms with Gasteiger partial charge in [-0.2, -0.15) is 23.4 Å². The van der Waals surface area contributed by atoms with Gasteiger partial charge in [-0.3, -0.25) is 4.79 Å². The first-order valence-corrected chi connectivity index (χ1v) is 10.2. The van der Waals surface area contributed by atoms with Crippen molar-refractivity contribution in [3.63, 3.8) is 0 Å². The maximum atomic E-state index is 13.5. The summed E-state index contributed by atoms with van der Waals surface area (Å²) in [5.74, 6) is 0.463. The fourth-order valence-corrected chi connectivity index (χ4v) is 4.60.